The van der Waals surface area contributed by atoms with Crippen LogP contribution in [0.5, 0.6) is 0 Å². The fourth-order valence-corrected chi connectivity index (χ4v) is 7.77. The van der Waals surface area contributed by atoms with Crippen molar-refractivity contribution in [2.45, 2.75) is 77.7 Å². The Morgan fingerprint density at radius 2 is 1.77 bits per heavy atom. The smallest absolute Gasteiger partial charge is 0.299 e. The van der Waals surface area contributed by atoms with Crippen LogP contribution in [0, 0.1) is 34.5 Å². The molecule has 0 saturated heterocycles. The predicted octanol–water partition coefficient (Wildman–Crippen LogP) is 3.41. The van der Waals surface area contributed by atoms with E-state index < -0.39 is 10.4 Å². The Hall–Kier alpha value is 1.18. The Morgan fingerprint density at radius 3 is 2.46 bits per heavy atom. The average Bonchev–Trinajstić information content (AvgIpc) is 2.82. The standard InChI is InChI=1S/C19H30O5S.K/c1-18-9-7-13(24-25(21,22)23)11-12(18)3-4-14-15-5-6-17(20)19(15,2)10-8-16(14)18;/h12-16H,3-11H2,1-2H3,(H,21,22,23);/t12-,13?,14?,15?,16?,18?,19?;/m0./s1. The fourth-order valence-electron chi connectivity index (χ4n) is 7.25. The van der Waals surface area contributed by atoms with E-state index in [2.05, 4.69) is 13.8 Å². The zero-order valence-corrected chi connectivity index (χ0v) is 20.2. The summed E-state index contributed by atoms with van der Waals surface area (Å²) in [5.41, 5.74) is 0.130. The molecule has 4 rings (SSSR count). The molecule has 4 fully saturated rings. The molecule has 0 bridgehead atoms. The summed E-state index contributed by atoms with van der Waals surface area (Å²) in [5, 5.41) is 0. The first-order valence-electron chi connectivity index (χ1n) is 9.82. The number of rotatable bonds is 2. The van der Waals surface area contributed by atoms with Crippen LogP contribution in [0.2, 0.25) is 0 Å². The Bertz CT molecular complexity index is 679. The van der Waals surface area contributed by atoms with Crippen LogP contribution in [0.4, 0.5) is 0 Å². The van der Waals surface area contributed by atoms with Gasteiger partial charge in [-0.2, -0.15) is 8.42 Å². The first kappa shape index (κ1) is 21.9. The summed E-state index contributed by atoms with van der Waals surface area (Å²) >= 11 is 0. The number of carbonyl (C=O) groups excluding carboxylic acids is 1. The van der Waals surface area contributed by atoms with Crippen molar-refractivity contribution in [2.24, 2.45) is 34.5 Å². The van der Waals surface area contributed by atoms with Gasteiger partial charge in [0.05, 0.1) is 6.10 Å². The third-order valence-electron chi connectivity index (χ3n) is 8.58. The van der Waals surface area contributed by atoms with Crippen LogP contribution in [0.25, 0.3) is 0 Å². The molecule has 7 atom stereocenters. The quantitative estimate of drug-likeness (QED) is 0.558. The van der Waals surface area contributed by atoms with Gasteiger partial charge in [0.15, 0.2) is 0 Å². The third kappa shape index (κ3) is 3.57. The molecule has 0 aromatic heterocycles. The maximum Gasteiger partial charge on any atom is 0.397 e. The van der Waals surface area contributed by atoms with Crippen molar-refractivity contribution in [3.8, 4) is 0 Å². The maximum absolute atomic E-state index is 12.4. The normalized spacial score (nSPS) is 48.1. The molecule has 143 valence electrons. The monoisotopic (exact) mass is 409 g/mol. The van der Waals surface area contributed by atoms with Crippen LogP contribution in [0.1, 0.15) is 71.6 Å². The van der Waals surface area contributed by atoms with E-state index in [1.807, 2.05) is 0 Å². The molecule has 4 saturated carbocycles. The molecule has 0 heterocycles. The molecule has 6 unspecified atom stereocenters. The molecule has 4 aliphatic rings. The van der Waals surface area contributed by atoms with E-state index in [0.29, 0.717) is 35.9 Å². The van der Waals surface area contributed by atoms with Crippen molar-refractivity contribution in [3.05, 3.63) is 0 Å². The molecular weight excluding hydrogens is 379 g/mol. The van der Waals surface area contributed by atoms with Gasteiger partial charge in [-0.3, -0.25) is 9.35 Å². The molecule has 1 radical (unpaired) electrons. The Labute approximate surface area is 199 Å². The van der Waals surface area contributed by atoms with Crippen LogP contribution in [-0.2, 0) is 19.4 Å². The van der Waals surface area contributed by atoms with Crippen LogP contribution in [0.15, 0.2) is 0 Å². The largest absolute Gasteiger partial charge is 0.397 e. The summed E-state index contributed by atoms with van der Waals surface area (Å²) in [7, 11) is -4.37. The van der Waals surface area contributed by atoms with Crippen molar-refractivity contribution in [1.82, 2.24) is 0 Å². The van der Waals surface area contributed by atoms with Gasteiger partial charge in [0, 0.05) is 63.2 Å². The molecule has 7 heteroatoms. The summed E-state index contributed by atoms with van der Waals surface area (Å²) in [6.07, 6.45) is 8.19. The van der Waals surface area contributed by atoms with Gasteiger partial charge in [0.25, 0.3) is 0 Å². The SMILES string of the molecule is CC12CCC3C(CC[C@H]4CC(OS(=O)(=O)O)CCC34C)C1CCC2=O.[K]. The second kappa shape index (κ2) is 7.45. The topological polar surface area (TPSA) is 80.7 Å². The minimum Gasteiger partial charge on any atom is -0.299 e. The Kier molecular flexibility index (Phi) is 6.27. The maximum atomic E-state index is 12.4. The van der Waals surface area contributed by atoms with E-state index in [1.54, 1.807) is 0 Å². The number of carbonyl (C=O) groups is 1. The fraction of sp³-hybridized carbons (Fsp3) is 0.947. The van der Waals surface area contributed by atoms with Crippen LogP contribution < -0.4 is 0 Å². The molecular formula is C19H30KO5S. The van der Waals surface area contributed by atoms with E-state index in [1.165, 1.54) is 0 Å². The van der Waals surface area contributed by atoms with Gasteiger partial charge in [0.2, 0.25) is 0 Å². The Balaban J connectivity index is 0.00000196. The second-order valence-electron chi connectivity index (χ2n) is 9.50. The van der Waals surface area contributed by atoms with Gasteiger partial charge in [-0.1, -0.05) is 13.8 Å². The second-order valence-corrected chi connectivity index (χ2v) is 10.5. The van der Waals surface area contributed by atoms with Crippen LogP contribution in [-0.4, -0.2) is 76.2 Å². The average molecular weight is 410 g/mol. The molecule has 0 aliphatic heterocycles. The van der Waals surface area contributed by atoms with Gasteiger partial charge < -0.3 is 0 Å². The zero-order valence-electron chi connectivity index (χ0n) is 16.2. The molecule has 5 nitrogen and oxygen atoms in total. The minimum atomic E-state index is -4.37. The van der Waals surface area contributed by atoms with Crippen LogP contribution >= 0.6 is 0 Å². The van der Waals surface area contributed by atoms with E-state index in [0.717, 1.165) is 51.4 Å². The third-order valence-corrected chi connectivity index (χ3v) is 9.10. The number of fused-ring (bicyclic) bond motifs is 5. The van der Waals surface area contributed by atoms with Gasteiger partial charge in [-0.05, 0) is 80.5 Å². The Morgan fingerprint density at radius 1 is 1.04 bits per heavy atom. The summed E-state index contributed by atoms with van der Waals surface area (Å²) in [5.74, 6) is 2.76. The van der Waals surface area contributed by atoms with E-state index >= 15 is 0 Å². The first-order valence-corrected chi connectivity index (χ1v) is 11.2. The molecule has 26 heavy (non-hydrogen) atoms. The summed E-state index contributed by atoms with van der Waals surface area (Å²) in [6.45, 7) is 4.59. The molecule has 4 aliphatic carbocycles. The van der Waals surface area contributed by atoms with Crippen LogP contribution in [0.3, 0.4) is 0 Å². The molecule has 0 aromatic rings. The first-order chi connectivity index (χ1) is 11.6. The van der Waals surface area contributed by atoms with Gasteiger partial charge in [-0.25, -0.2) is 4.18 Å². The van der Waals surface area contributed by atoms with Crippen molar-refractivity contribution in [1.29, 1.82) is 0 Å². The molecule has 0 amide bonds. The summed E-state index contributed by atoms with van der Waals surface area (Å²) < 4.78 is 36.0. The molecule has 0 spiro atoms. The summed E-state index contributed by atoms with van der Waals surface area (Å²) in [6, 6.07) is 0. The van der Waals surface area contributed by atoms with Gasteiger partial charge in [-0.15, -0.1) is 0 Å². The number of Topliss-reactive ketones (excluding diaryl/α,β-unsaturated/α-hetero) is 1. The zero-order chi connectivity index (χ0) is 18.0. The summed E-state index contributed by atoms with van der Waals surface area (Å²) in [4.78, 5) is 12.4. The minimum absolute atomic E-state index is 0. The number of hydrogen-bond donors (Lipinski definition) is 1. The van der Waals surface area contributed by atoms with E-state index in [4.69, 9.17) is 8.74 Å². The van der Waals surface area contributed by atoms with Crippen molar-refractivity contribution in [2.75, 3.05) is 0 Å². The van der Waals surface area contributed by atoms with Gasteiger partial charge in [0.1, 0.15) is 5.78 Å². The van der Waals surface area contributed by atoms with Gasteiger partial charge >= 0.3 is 10.4 Å². The van der Waals surface area contributed by atoms with Crippen molar-refractivity contribution >= 4 is 67.6 Å². The molecule has 0 aromatic carbocycles. The van der Waals surface area contributed by atoms with E-state index in [9.17, 15) is 13.2 Å². The van der Waals surface area contributed by atoms with Crippen molar-refractivity contribution < 1.29 is 21.9 Å². The number of hydrogen-bond acceptors (Lipinski definition) is 4. The molecule has 1 N–H and O–H groups in total. The predicted molar refractivity (Wildman–Crippen MR) is 98.9 cm³/mol. The van der Waals surface area contributed by atoms with Crippen molar-refractivity contribution in [3.63, 3.8) is 0 Å². The van der Waals surface area contributed by atoms with E-state index in [-0.39, 0.29) is 68.3 Å². The number of ketones is 1.